The fraction of sp³-hybridized carbons (Fsp3) is 0.538. The molecule has 0 heterocycles. The summed E-state index contributed by atoms with van der Waals surface area (Å²) in [5.41, 5.74) is 0.889. The van der Waals surface area contributed by atoms with Crippen molar-refractivity contribution >= 4 is 10.0 Å². The Morgan fingerprint density at radius 1 is 1.37 bits per heavy atom. The van der Waals surface area contributed by atoms with Gasteiger partial charge in [-0.1, -0.05) is 12.1 Å². The van der Waals surface area contributed by atoms with Crippen molar-refractivity contribution in [1.29, 1.82) is 0 Å². The summed E-state index contributed by atoms with van der Waals surface area (Å²) in [7, 11) is -0.0182. The summed E-state index contributed by atoms with van der Waals surface area (Å²) in [5, 5.41) is -0.213. The number of rotatable bonds is 7. The van der Waals surface area contributed by atoms with Crippen molar-refractivity contribution in [3.8, 4) is 5.75 Å². The van der Waals surface area contributed by atoms with Crippen molar-refractivity contribution in [3.05, 3.63) is 29.8 Å². The summed E-state index contributed by atoms with van der Waals surface area (Å²) in [6.07, 6.45) is 1.20. The number of hydrogen-bond donors (Lipinski definition) is 1. The highest BCUT2D eigenvalue weighted by Gasteiger charge is 2.35. The molecule has 0 spiro atoms. The summed E-state index contributed by atoms with van der Waals surface area (Å²) in [5.74, 6) is 0.726. The van der Waals surface area contributed by atoms with Crippen LogP contribution in [0.4, 0.5) is 0 Å². The molecular weight excluding hydrogens is 266 g/mol. The van der Waals surface area contributed by atoms with E-state index in [4.69, 9.17) is 9.47 Å². The van der Waals surface area contributed by atoms with Crippen LogP contribution in [0.1, 0.15) is 24.5 Å². The van der Waals surface area contributed by atoms with Gasteiger partial charge in [0.15, 0.2) is 0 Å². The molecular formula is C13H19NO4S. The Morgan fingerprint density at radius 3 is 2.68 bits per heavy atom. The van der Waals surface area contributed by atoms with E-state index < -0.39 is 10.0 Å². The average molecular weight is 285 g/mol. The number of ether oxygens (including phenoxy) is 2. The van der Waals surface area contributed by atoms with Crippen molar-refractivity contribution < 1.29 is 17.9 Å². The Kier molecular flexibility index (Phi) is 4.44. The Morgan fingerprint density at radius 2 is 2.11 bits per heavy atom. The number of hydrogen-bond acceptors (Lipinski definition) is 4. The minimum Gasteiger partial charge on any atom is -0.497 e. The predicted molar refractivity (Wildman–Crippen MR) is 72.7 cm³/mol. The van der Waals surface area contributed by atoms with E-state index in [-0.39, 0.29) is 17.9 Å². The molecule has 6 heteroatoms. The Balaban J connectivity index is 2.03. The van der Waals surface area contributed by atoms with Crippen LogP contribution in [0.3, 0.4) is 0 Å². The zero-order valence-electron chi connectivity index (χ0n) is 11.1. The Hall–Kier alpha value is -1.11. The Labute approximate surface area is 114 Å². The van der Waals surface area contributed by atoms with Crippen molar-refractivity contribution in [1.82, 2.24) is 4.72 Å². The van der Waals surface area contributed by atoms with E-state index in [1.165, 1.54) is 0 Å². The van der Waals surface area contributed by atoms with E-state index >= 15 is 0 Å². The highest BCUT2D eigenvalue weighted by atomic mass is 32.2. The quantitative estimate of drug-likeness (QED) is 0.824. The number of nitrogens with one attached hydrogen (secondary N) is 1. The average Bonchev–Trinajstić information content (AvgIpc) is 3.24. The molecule has 1 aromatic rings. The van der Waals surface area contributed by atoms with Crippen LogP contribution in [0.15, 0.2) is 24.3 Å². The zero-order chi connectivity index (χ0) is 13.9. The summed E-state index contributed by atoms with van der Waals surface area (Å²) in [6.45, 7) is 0.239. The van der Waals surface area contributed by atoms with E-state index in [2.05, 4.69) is 4.72 Å². The van der Waals surface area contributed by atoms with E-state index in [1.54, 1.807) is 14.2 Å². The van der Waals surface area contributed by atoms with Crippen LogP contribution < -0.4 is 9.46 Å². The first-order chi connectivity index (χ1) is 9.06. The minimum absolute atomic E-state index is 0.213. The molecule has 1 N–H and O–H groups in total. The molecule has 0 aromatic heterocycles. The number of sulfonamides is 1. The number of methoxy groups -OCH3 is 2. The topological polar surface area (TPSA) is 64.6 Å². The fourth-order valence-corrected chi connectivity index (χ4v) is 3.24. The molecule has 1 unspecified atom stereocenters. The van der Waals surface area contributed by atoms with Crippen molar-refractivity contribution in [2.24, 2.45) is 0 Å². The van der Waals surface area contributed by atoms with Crippen molar-refractivity contribution in [3.63, 3.8) is 0 Å². The first-order valence-electron chi connectivity index (χ1n) is 6.22. The molecule has 1 aliphatic carbocycles. The molecule has 1 aliphatic rings. The first kappa shape index (κ1) is 14.3. The Bertz CT molecular complexity index is 525. The lowest BCUT2D eigenvalue weighted by atomic mass is 10.1. The highest BCUT2D eigenvalue weighted by molar-refractivity contribution is 7.90. The molecule has 1 aromatic carbocycles. The first-order valence-corrected chi connectivity index (χ1v) is 7.76. The molecule has 1 fully saturated rings. The van der Waals surface area contributed by atoms with Gasteiger partial charge < -0.3 is 9.47 Å². The smallest absolute Gasteiger partial charge is 0.214 e. The minimum atomic E-state index is -3.18. The predicted octanol–water partition coefficient (Wildman–Crippen LogP) is 1.46. The zero-order valence-corrected chi connectivity index (χ0v) is 11.9. The second-order valence-electron chi connectivity index (χ2n) is 4.59. The van der Waals surface area contributed by atoms with Crippen LogP contribution in [0.5, 0.6) is 5.75 Å². The maximum atomic E-state index is 11.8. The van der Waals surface area contributed by atoms with Crippen LogP contribution >= 0.6 is 0 Å². The van der Waals surface area contributed by atoms with Gasteiger partial charge >= 0.3 is 0 Å². The van der Waals surface area contributed by atoms with Gasteiger partial charge in [0.05, 0.1) is 18.5 Å². The second-order valence-corrected chi connectivity index (χ2v) is 6.64. The summed E-state index contributed by atoms with van der Waals surface area (Å²) in [6, 6.07) is 7.43. The van der Waals surface area contributed by atoms with E-state index in [0.29, 0.717) is 0 Å². The fourth-order valence-electron chi connectivity index (χ4n) is 1.87. The van der Waals surface area contributed by atoms with Crippen LogP contribution in [0.2, 0.25) is 0 Å². The van der Waals surface area contributed by atoms with Gasteiger partial charge in [-0.2, -0.15) is 0 Å². The monoisotopic (exact) mass is 285 g/mol. The van der Waals surface area contributed by atoms with Gasteiger partial charge in [-0.05, 0) is 30.5 Å². The third-order valence-corrected chi connectivity index (χ3v) is 5.10. The van der Waals surface area contributed by atoms with Gasteiger partial charge in [0, 0.05) is 13.7 Å². The molecule has 19 heavy (non-hydrogen) atoms. The van der Waals surface area contributed by atoms with Gasteiger partial charge in [-0.15, -0.1) is 0 Å². The number of benzene rings is 1. The van der Waals surface area contributed by atoms with E-state index in [9.17, 15) is 8.42 Å². The molecule has 0 bridgehead atoms. The SMILES string of the molecule is COc1cccc(C(CNS(=O)(=O)C2CC2)OC)c1. The van der Waals surface area contributed by atoms with Crippen LogP contribution in [0, 0.1) is 0 Å². The lowest BCUT2D eigenvalue weighted by Gasteiger charge is -2.17. The van der Waals surface area contributed by atoms with Gasteiger partial charge in [-0.25, -0.2) is 13.1 Å². The van der Waals surface area contributed by atoms with Crippen molar-refractivity contribution in [2.45, 2.75) is 24.2 Å². The highest BCUT2D eigenvalue weighted by Crippen LogP contribution is 2.28. The molecule has 0 aliphatic heterocycles. The molecule has 1 atom stereocenters. The summed E-state index contributed by atoms with van der Waals surface area (Å²) >= 11 is 0. The van der Waals surface area contributed by atoms with E-state index in [0.717, 1.165) is 24.2 Å². The maximum Gasteiger partial charge on any atom is 0.214 e. The van der Waals surface area contributed by atoms with Crippen LogP contribution in [-0.2, 0) is 14.8 Å². The van der Waals surface area contributed by atoms with Gasteiger partial charge in [0.2, 0.25) is 10.0 Å². The third kappa shape index (κ3) is 3.68. The normalized spacial score (nSPS) is 17.2. The molecule has 0 radical (unpaired) electrons. The van der Waals surface area contributed by atoms with Crippen LogP contribution in [0.25, 0.3) is 0 Å². The summed E-state index contributed by atoms with van der Waals surface area (Å²) < 4.78 is 36.7. The molecule has 0 amide bonds. The lowest BCUT2D eigenvalue weighted by molar-refractivity contribution is 0.107. The molecule has 1 saturated carbocycles. The molecule has 5 nitrogen and oxygen atoms in total. The maximum absolute atomic E-state index is 11.8. The lowest BCUT2D eigenvalue weighted by Crippen LogP contribution is -2.31. The van der Waals surface area contributed by atoms with Gasteiger partial charge in [0.25, 0.3) is 0 Å². The van der Waals surface area contributed by atoms with Crippen molar-refractivity contribution in [2.75, 3.05) is 20.8 Å². The van der Waals surface area contributed by atoms with Gasteiger partial charge in [-0.3, -0.25) is 0 Å². The largest absolute Gasteiger partial charge is 0.497 e. The molecule has 0 saturated heterocycles. The molecule has 106 valence electrons. The van der Waals surface area contributed by atoms with Crippen LogP contribution in [-0.4, -0.2) is 34.4 Å². The second kappa shape index (κ2) is 5.90. The van der Waals surface area contributed by atoms with Gasteiger partial charge in [0.1, 0.15) is 5.75 Å². The summed E-state index contributed by atoms with van der Waals surface area (Å²) in [4.78, 5) is 0. The third-order valence-electron chi connectivity index (χ3n) is 3.18. The van der Waals surface area contributed by atoms with E-state index in [1.807, 2.05) is 24.3 Å². The standard InChI is InChI=1S/C13H19NO4S/c1-17-11-5-3-4-10(8-11)13(18-2)9-14-19(15,16)12-6-7-12/h3-5,8,12-14H,6-7,9H2,1-2H3. The molecule has 2 rings (SSSR count).